The minimum Gasteiger partial charge on any atom is -0.324 e. The van der Waals surface area contributed by atoms with Crippen LogP contribution in [0.2, 0.25) is 0 Å². The molecule has 0 aliphatic carbocycles. The number of benzene rings is 2. The number of halogens is 2. The van der Waals surface area contributed by atoms with Crippen LogP contribution >= 0.6 is 24.8 Å². The Balaban J connectivity index is 0.00000220. The highest BCUT2D eigenvalue weighted by molar-refractivity contribution is 5.98. The molecule has 0 unspecified atom stereocenters. The molecule has 0 heterocycles. The Bertz CT molecular complexity index is 568. The van der Waals surface area contributed by atoms with Crippen LogP contribution in [0, 0.1) is 0 Å². The third-order valence-corrected chi connectivity index (χ3v) is 3.12. The molecule has 0 bridgehead atoms. The average molecular weight is 341 g/mol. The van der Waals surface area contributed by atoms with E-state index in [1.807, 2.05) is 24.3 Å². The van der Waals surface area contributed by atoms with Crippen molar-refractivity contribution in [1.29, 1.82) is 0 Å². The Labute approximate surface area is 141 Å². The van der Waals surface area contributed by atoms with Gasteiger partial charge in [-0.3, -0.25) is 9.59 Å². The van der Waals surface area contributed by atoms with E-state index in [2.05, 4.69) is 0 Å². The van der Waals surface area contributed by atoms with Gasteiger partial charge in [-0.15, -0.1) is 24.8 Å². The number of rotatable bonds is 5. The molecule has 4 N–H and O–H groups in total. The van der Waals surface area contributed by atoms with Crippen molar-refractivity contribution in [2.45, 2.75) is 0 Å². The average Bonchev–Trinajstić information content (AvgIpc) is 2.53. The number of Topliss-reactive ketones (excluding diaryl/α,β-unsaturated/α-hetero) is 2. The van der Waals surface area contributed by atoms with Crippen molar-refractivity contribution >= 4 is 36.4 Å². The molecule has 0 saturated heterocycles. The molecule has 2 rings (SSSR count). The quantitative estimate of drug-likeness (QED) is 0.818. The fraction of sp³-hybridized carbons (Fsp3) is 0.125. The van der Waals surface area contributed by atoms with Crippen molar-refractivity contribution in [3.05, 3.63) is 59.7 Å². The van der Waals surface area contributed by atoms with Crippen LogP contribution in [-0.4, -0.2) is 24.7 Å². The number of carbonyl (C=O) groups is 2. The lowest BCUT2D eigenvalue weighted by atomic mass is 10.0. The lowest BCUT2D eigenvalue weighted by Crippen LogP contribution is -2.13. The summed E-state index contributed by atoms with van der Waals surface area (Å²) in [6.45, 7) is 0.0183. The molecule has 0 saturated carbocycles. The summed E-state index contributed by atoms with van der Waals surface area (Å²) in [5.74, 6) is -0.166. The van der Waals surface area contributed by atoms with Crippen molar-refractivity contribution in [2.75, 3.05) is 13.1 Å². The molecule has 0 amide bonds. The second-order valence-corrected chi connectivity index (χ2v) is 4.41. The molecule has 22 heavy (non-hydrogen) atoms. The van der Waals surface area contributed by atoms with E-state index in [1.54, 1.807) is 24.3 Å². The van der Waals surface area contributed by atoms with Crippen molar-refractivity contribution in [2.24, 2.45) is 11.5 Å². The highest BCUT2D eigenvalue weighted by Gasteiger charge is 2.05. The molecule has 0 atom stereocenters. The highest BCUT2D eigenvalue weighted by atomic mass is 35.5. The first-order valence-electron chi connectivity index (χ1n) is 6.32. The van der Waals surface area contributed by atoms with E-state index in [4.69, 9.17) is 11.5 Å². The van der Waals surface area contributed by atoms with Gasteiger partial charge in [-0.1, -0.05) is 48.5 Å². The summed E-state index contributed by atoms with van der Waals surface area (Å²) in [6.07, 6.45) is 0. The second kappa shape index (κ2) is 9.33. The van der Waals surface area contributed by atoms with Gasteiger partial charge >= 0.3 is 0 Å². The van der Waals surface area contributed by atoms with Crippen LogP contribution in [-0.2, 0) is 0 Å². The number of ketones is 2. The molecule has 0 aliphatic rings. The second-order valence-electron chi connectivity index (χ2n) is 4.41. The third-order valence-electron chi connectivity index (χ3n) is 3.12. The first-order valence-corrected chi connectivity index (χ1v) is 6.32. The lowest BCUT2D eigenvalue weighted by molar-refractivity contribution is 0.0993. The normalized spacial score (nSPS) is 9.36. The topological polar surface area (TPSA) is 86.2 Å². The molecule has 0 radical (unpaired) electrons. The van der Waals surface area contributed by atoms with Crippen LogP contribution in [0.4, 0.5) is 0 Å². The maximum absolute atomic E-state index is 11.4. The largest absolute Gasteiger partial charge is 0.324 e. The molecule has 118 valence electrons. The summed E-state index contributed by atoms with van der Waals surface area (Å²) < 4.78 is 0. The van der Waals surface area contributed by atoms with E-state index in [0.717, 1.165) is 11.1 Å². The van der Waals surface area contributed by atoms with Gasteiger partial charge in [0, 0.05) is 11.1 Å². The molecular formula is C16H18Cl2N2O2. The first-order chi connectivity index (χ1) is 9.65. The molecule has 0 aliphatic heterocycles. The van der Waals surface area contributed by atoms with E-state index in [-0.39, 0.29) is 49.5 Å². The van der Waals surface area contributed by atoms with Gasteiger partial charge in [-0.05, 0) is 11.1 Å². The van der Waals surface area contributed by atoms with Gasteiger partial charge in [0.05, 0.1) is 13.1 Å². The van der Waals surface area contributed by atoms with Crippen molar-refractivity contribution in [1.82, 2.24) is 0 Å². The van der Waals surface area contributed by atoms with Gasteiger partial charge in [0.1, 0.15) is 0 Å². The minimum absolute atomic E-state index is 0. The summed E-state index contributed by atoms with van der Waals surface area (Å²) in [5, 5.41) is 0. The van der Waals surface area contributed by atoms with Crippen LogP contribution in [0.5, 0.6) is 0 Å². The molecule has 0 aromatic heterocycles. The highest BCUT2D eigenvalue weighted by Crippen LogP contribution is 2.20. The Kier molecular flexibility index (Phi) is 8.60. The van der Waals surface area contributed by atoms with Gasteiger partial charge < -0.3 is 11.5 Å². The van der Waals surface area contributed by atoms with Crippen molar-refractivity contribution in [3.63, 3.8) is 0 Å². The molecule has 2 aromatic carbocycles. The smallest absolute Gasteiger partial charge is 0.176 e. The fourth-order valence-corrected chi connectivity index (χ4v) is 1.93. The van der Waals surface area contributed by atoms with E-state index in [0.29, 0.717) is 11.1 Å². The number of hydrogen-bond acceptors (Lipinski definition) is 4. The van der Waals surface area contributed by atoms with E-state index >= 15 is 0 Å². The standard InChI is InChI=1S/C16H16N2O2.2ClH/c17-9-15(19)13-5-1-11(2-6-13)12-3-7-14(8-4-12)16(20)10-18;;/h1-8H,9-10,17-18H2;2*1H. The summed E-state index contributed by atoms with van der Waals surface area (Å²) in [7, 11) is 0. The zero-order valence-corrected chi connectivity index (χ0v) is 13.5. The van der Waals surface area contributed by atoms with Crippen molar-refractivity contribution in [3.8, 4) is 11.1 Å². The zero-order chi connectivity index (χ0) is 14.5. The molecule has 6 heteroatoms. The van der Waals surface area contributed by atoms with Crippen LogP contribution < -0.4 is 11.5 Å². The summed E-state index contributed by atoms with van der Waals surface area (Å²) in [5.41, 5.74) is 13.8. The number of carbonyl (C=O) groups excluding carboxylic acids is 2. The Hall–Kier alpha value is -1.72. The molecule has 0 fully saturated rings. The van der Waals surface area contributed by atoms with Crippen LogP contribution in [0.1, 0.15) is 20.7 Å². The Morgan fingerprint density at radius 2 is 0.909 bits per heavy atom. The first kappa shape index (κ1) is 20.3. The predicted octanol–water partition coefficient (Wildman–Crippen LogP) is 2.48. The number of hydrogen-bond donors (Lipinski definition) is 2. The third kappa shape index (κ3) is 4.64. The van der Waals surface area contributed by atoms with E-state index in [1.165, 1.54) is 0 Å². The molecular weight excluding hydrogens is 323 g/mol. The predicted molar refractivity (Wildman–Crippen MR) is 93.1 cm³/mol. The Morgan fingerprint density at radius 3 is 1.14 bits per heavy atom. The van der Waals surface area contributed by atoms with Gasteiger partial charge in [-0.25, -0.2) is 0 Å². The van der Waals surface area contributed by atoms with E-state index in [9.17, 15) is 9.59 Å². The van der Waals surface area contributed by atoms with Gasteiger partial charge in [0.2, 0.25) is 0 Å². The van der Waals surface area contributed by atoms with Crippen molar-refractivity contribution < 1.29 is 9.59 Å². The van der Waals surface area contributed by atoms with Crippen LogP contribution in [0.3, 0.4) is 0 Å². The molecule has 2 aromatic rings. The molecule has 4 nitrogen and oxygen atoms in total. The van der Waals surface area contributed by atoms with Crippen LogP contribution in [0.25, 0.3) is 11.1 Å². The summed E-state index contributed by atoms with van der Waals surface area (Å²) in [6, 6.07) is 14.5. The van der Waals surface area contributed by atoms with E-state index < -0.39 is 0 Å². The maximum atomic E-state index is 11.4. The van der Waals surface area contributed by atoms with Gasteiger partial charge in [0.15, 0.2) is 11.6 Å². The fourth-order valence-electron chi connectivity index (χ4n) is 1.93. The summed E-state index contributed by atoms with van der Waals surface area (Å²) >= 11 is 0. The maximum Gasteiger partial charge on any atom is 0.176 e. The minimum atomic E-state index is -0.0829. The summed E-state index contributed by atoms with van der Waals surface area (Å²) in [4.78, 5) is 22.9. The molecule has 0 spiro atoms. The Morgan fingerprint density at radius 1 is 0.636 bits per heavy atom. The van der Waals surface area contributed by atoms with Crippen LogP contribution in [0.15, 0.2) is 48.5 Å². The van der Waals surface area contributed by atoms with Gasteiger partial charge in [-0.2, -0.15) is 0 Å². The van der Waals surface area contributed by atoms with Gasteiger partial charge in [0.25, 0.3) is 0 Å². The monoisotopic (exact) mass is 340 g/mol. The zero-order valence-electron chi connectivity index (χ0n) is 11.8. The lowest BCUT2D eigenvalue weighted by Gasteiger charge is -2.05. The SMILES string of the molecule is Cl.Cl.NCC(=O)c1ccc(-c2ccc(C(=O)CN)cc2)cc1. The number of nitrogens with two attached hydrogens (primary N) is 2.